The second kappa shape index (κ2) is 5.49. The Labute approximate surface area is 138 Å². The molecule has 0 amide bonds. The van der Waals surface area contributed by atoms with E-state index in [1.165, 1.54) is 6.33 Å². The van der Waals surface area contributed by atoms with Crippen molar-refractivity contribution in [3.05, 3.63) is 47.6 Å². The molecule has 1 aromatic carbocycles. The van der Waals surface area contributed by atoms with Gasteiger partial charge in [0.15, 0.2) is 5.78 Å². The summed E-state index contributed by atoms with van der Waals surface area (Å²) in [5, 5.41) is 23.5. The van der Waals surface area contributed by atoms with E-state index in [1.54, 1.807) is 29.2 Å². The van der Waals surface area contributed by atoms with Gasteiger partial charge in [-0.2, -0.15) is 10.4 Å². The number of hydrogen-bond donors (Lipinski definition) is 1. The number of rotatable bonds is 2. The van der Waals surface area contributed by atoms with Gasteiger partial charge in [0.25, 0.3) is 0 Å². The van der Waals surface area contributed by atoms with E-state index in [2.05, 4.69) is 16.2 Å². The zero-order valence-corrected chi connectivity index (χ0v) is 12.9. The molecular formula is C17H15N5O2. The number of allylic oxidation sites excluding steroid dienone is 1. The average molecular weight is 321 g/mol. The van der Waals surface area contributed by atoms with Crippen molar-refractivity contribution in [2.45, 2.75) is 18.9 Å². The molecule has 7 heteroatoms. The normalized spacial score (nSPS) is 20.2. The highest BCUT2D eigenvalue weighted by atomic mass is 16.3. The molecule has 1 N–H and O–H groups in total. The van der Waals surface area contributed by atoms with E-state index < -0.39 is 0 Å². The Bertz CT molecular complexity index is 879. The Morgan fingerprint density at radius 1 is 1.38 bits per heavy atom. The molecule has 1 aromatic heterocycles. The highest BCUT2D eigenvalue weighted by molar-refractivity contribution is 6.10. The molecule has 4 rings (SSSR count). The topological polar surface area (TPSA) is 95.0 Å². The van der Waals surface area contributed by atoms with Crippen molar-refractivity contribution >= 4 is 11.5 Å². The molecule has 1 fully saturated rings. The fourth-order valence-corrected chi connectivity index (χ4v) is 3.48. The Hall–Kier alpha value is -3.14. The van der Waals surface area contributed by atoms with Gasteiger partial charge >= 0.3 is 0 Å². The SMILES string of the molecule is N#CC1=C(N2CC[C@@H](n3cncn3)C2)c2cc(O)ccc2CC1=O. The van der Waals surface area contributed by atoms with Crippen molar-refractivity contribution in [1.82, 2.24) is 19.7 Å². The fourth-order valence-electron chi connectivity index (χ4n) is 3.48. The summed E-state index contributed by atoms with van der Waals surface area (Å²) in [6.07, 6.45) is 4.23. The van der Waals surface area contributed by atoms with Gasteiger partial charge in [0.2, 0.25) is 0 Å². The van der Waals surface area contributed by atoms with Gasteiger partial charge in [-0.25, -0.2) is 9.67 Å². The number of benzene rings is 1. The Morgan fingerprint density at radius 2 is 2.25 bits per heavy atom. The molecule has 0 unspecified atom stereocenters. The van der Waals surface area contributed by atoms with Gasteiger partial charge in [-0.15, -0.1) is 0 Å². The summed E-state index contributed by atoms with van der Waals surface area (Å²) in [5.74, 6) is -0.0418. The molecule has 1 saturated heterocycles. The summed E-state index contributed by atoms with van der Waals surface area (Å²) < 4.78 is 1.81. The van der Waals surface area contributed by atoms with E-state index in [0.29, 0.717) is 18.8 Å². The number of fused-ring (bicyclic) bond motifs is 1. The summed E-state index contributed by atoms with van der Waals surface area (Å²) in [4.78, 5) is 18.4. The van der Waals surface area contributed by atoms with Crippen LogP contribution in [0.25, 0.3) is 5.70 Å². The first kappa shape index (κ1) is 14.5. The van der Waals surface area contributed by atoms with Crippen LogP contribution in [0.15, 0.2) is 36.4 Å². The van der Waals surface area contributed by atoms with Crippen molar-refractivity contribution in [1.29, 1.82) is 5.26 Å². The summed E-state index contributed by atoms with van der Waals surface area (Å²) in [6.45, 7) is 1.36. The summed E-state index contributed by atoms with van der Waals surface area (Å²) >= 11 is 0. The van der Waals surface area contributed by atoms with Crippen LogP contribution in [0.4, 0.5) is 0 Å². The minimum atomic E-state index is -0.171. The van der Waals surface area contributed by atoms with Crippen LogP contribution in [0, 0.1) is 11.3 Å². The van der Waals surface area contributed by atoms with E-state index >= 15 is 0 Å². The Kier molecular flexibility index (Phi) is 3.31. The number of phenolic OH excluding ortho intramolecular Hbond substituents is 1. The third-order valence-electron chi connectivity index (χ3n) is 4.62. The molecule has 1 aliphatic carbocycles. The number of nitriles is 1. The van der Waals surface area contributed by atoms with Crippen molar-refractivity contribution in [2.75, 3.05) is 13.1 Å². The number of hydrogen-bond acceptors (Lipinski definition) is 6. The minimum Gasteiger partial charge on any atom is -0.508 e. The smallest absolute Gasteiger partial charge is 0.179 e. The highest BCUT2D eigenvalue weighted by Gasteiger charge is 2.33. The zero-order valence-electron chi connectivity index (χ0n) is 12.9. The maximum Gasteiger partial charge on any atom is 0.179 e. The molecule has 2 aromatic rings. The van der Waals surface area contributed by atoms with Crippen molar-refractivity contribution in [3.8, 4) is 11.8 Å². The molecule has 0 spiro atoms. The van der Waals surface area contributed by atoms with Gasteiger partial charge in [-0.3, -0.25) is 4.79 Å². The van der Waals surface area contributed by atoms with Crippen molar-refractivity contribution < 1.29 is 9.90 Å². The van der Waals surface area contributed by atoms with Crippen LogP contribution in [-0.2, 0) is 11.2 Å². The third-order valence-corrected chi connectivity index (χ3v) is 4.62. The number of aromatic nitrogens is 3. The van der Waals surface area contributed by atoms with Gasteiger partial charge in [0.05, 0.1) is 11.7 Å². The summed E-state index contributed by atoms with van der Waals surface area (Å²) in [6, 6.07) is 7.17. The molecule has 1 aliphatic heterocycles. The van der Waals surface area contributed by atoms with Gasteiger partial charge < -0.3 is 10.0 Å². The predicted molar refractivity (Wildman–Crippen MR) is 84.6 cm³/mol. The first-order valence-corrected chi connectivity index (χ1v) is 7.76. The number of ketones is 1. The molecule has 2 aliphatic rings. The lowest BCUT2D eigenvalue weighted by molar-refractivity contribution is -0.114. The number of phenols is 1. The largest absolute Gasteiger partial charge is 0.508 e. The number of likely N-dealkylation sites (tertiary alicyclic amines) is 1. The second-order valence-corrected chi connectivity index (χ2v) is 6.04. The van der Waals surface area contributed by atoms with Crippen LogP contribution in [0.3, 0.4) is 0 Å². The quantitative estimate of drug-likeness (QED) is 0.895. The molecule has 2 heterocycles. The van der Waals surface area contributed by atoms with Crippen LogP contribution in [0.1, 0.15) is 23.6 Å². The molecule has 120 valence electrons. The van der Waals surface area contributed by atoms with Crippen LogP contribution in [-0.4, -0.2) is 43.6 Å². The summed E-state index contributed by atoms with van der Waals surface area (Å²) in [5.41, 5.74) is 2.41. The maximum absolute atomic E-state index is 12.4. The van der Waals surface area contributed by atoms with E-state index in [0.717, 1.165) is 17.5 Å². The number of carbonyl (C=O) groups excluding carboxylic acids is 1. The molecule has 1 atom stereocenters. The number of Topliss-reactive ketones (excluding diaryl/α,β-unsaturated/α-hetero) is 1. The molecule has 24 heavy (non-hydrogen) atoms. The Morgan fingerprint density at radius 3 is 3.00 bits per heavy atom. The van der Waals surface area contributed by atoms with Crippen LogP contribution < -0.4 is 0 Å². The average Bonchev–Trinajstić information content (AvgIpc) is 3.25. The molecule has 0 saturated carbocycles. The monoisotopic (exact) mass is 321 g/mol. The van der Waals surface area contributed by atoms with Crippen molar-refractivity contribution in [2.24, 2.45) is 0 Å². The first-order valence-electron chi connectivity index (χ1n) is 7.76. The zero-order chi connectivity index (χ0) is 16.7. The van der Waals surface area contributed by atoms with Crippen LogP contribution in [0.5, 0.6) is 5.75 Å². The number of nitrogens with zero attached hydrogens (tertiary/aromatic N) is 5. The third kappa shape index (κ3) is 2.24. The summed E-state index contributed by atoms with van der Waals surface area (Å²) in [7, 11) is 0. The van der Waals surface area contributed by atoms with Crippen LogP contribution in [0.2, 0.25) is 0 Å². The minimum absolute atomic E-state index is 0.130. The fraction of sp³-hybridized carbons (Fsp3) is 0.294. The van der Waals surface area contributed by atoms with E-state index in [-0.39, 0.29) is 29.6 Å². The Balaban J connectivity index is 1.76. The van der Waals surface area contributed by atoms with Gasteiger partial charge in [-0.1, -0.05) is 6.07 Å². The standard InChI is InChI=1S/C17H15N5O2/c18-7-15-16(24)5-11-1-2-13(23)6-14(11)17(15)21-4-3-12(8-21)22-10-19-9-20-22/h1-2,6,9-10,12,23H,3-5,8H2/t12-/m1/s1. The molecular weight excluding hydrogens is 306 g/mol. The maximum atomic E-state index is 12.4. The molecule has 0 radical (unpaired) electrons. The van der Waals surface area contributed by atoms with Crippen LogP contribution >= 0.6 is 0 Å². The number of carbonyl (C=O) groups is 1. The lowest BCUT2D eigenvalue weighted by Gasteiger charge is -2.28. The van der Waals surface area contributed by atoms with Gasteiger partial charge in [0, 0.05) is 25.1 Å². The molecule has 0 bridgehead atoms. The lowest BCUT2D eigenvalue weighted by Crippen LogP contribution is -2.27. The van der Waals surface area contributed by atoms with Gasteiger partial charge in [-0.05, 0) is 24.1 Å². The second-order valence-electron chi connectivity index (χ2n) is 6.04. The highest BCUT2D eigenvalue weighted by Crippen LogP contribution is 2.37. The lowest BCUT2D eigenvalue weighted by atomic mass is 9.88. The molecule has 7 nitrogen and oxygen atoms in total. The van der Waals surface area contributed by atoms with E-state index in [9.17, 15) is 15.2 Å². The van der Waals surface area contributed by atoms with E-state index in [4.69, 9.17) is 0 Å². The predicted octanol–water partition coefficient (Wildman–Crippen LogP) is 1.29. The van der Waals surface area contributed by atoms with E-state index in [1.807, 2.05) is 4.90 Å². The van der Waals surface area contributed by atoms with Crippen molar-refractivity contribution in [3.63, 3.8) is 0 Å². The number of aromatic hydroxyl groups is 1. The first-order chi connectivity index (χ1) is 11.7. The van der Waals surface area contributed by atoms with Gasteiger partial charge in [0.1, 0.15) is 30.0 Å².